The lowest BCUT2D eigenvalue weighted by Crippen LogP contribution is -2.52. The number of amides is 3. The molecular formula is C25H29IN6O2S. The van der Waals surface area contributed by atoms with Crippen molar-refractivity contribution in [3.63, 3.8) is 0 Å². The van der Waals surface area contributed by atoms with E-state index in [1.165, 1.54) is 5.69 Å². The first-order chi connectivity index (χ1) is 16.9. The van der Waals surface area contributed by atoms with Crippen LogP contribution in [0.1, 0.15) is 17.3 Å². The Kier molecular flexibility index (Phi) is 8.58. The minimum absolute atomic E-state index is 0.0956. The zero-order valence-electron chi connectivity index (χ0n) is 19.8. The Morgan fingerprint density at radius 3 is 2.37 bits per heavy atom. The van der Waals surface area contributed by atoms with E-state index in [2.05, 4.69) is 53.1 Å². The summed E-state index contributed by atoms with van der Waals surface area (Å²) >= 11 is 3.85. The normalized spacial score (nSPS) is 15.6. The van der Waals surface area contributed by atoms with Gasteiger partial charge in [0.2, 0.25) is 5.91 Å². The Balaban J connectivity index is 1.40. The number of thiazole rings is 1. The minimum Gasteiger partial charge on any atom is -0.338 e. The molecule has 3 amide bonds. The number of carbonyl (C=O) groups is 2. The summed E-state index contributed by atoms with van der Waals surface area (Å²) in [5, 5.41) is 7.86. The molecular weight excluding hydrogens is 575 g/mol. The summed E-state index contributed by atoms with van der Waals surface area (Å²) in [6.45, 7) is 3.60. The van der Waals surface area contributed by atoms with Crippen molar-refractivity contribution < 1.29 is 9.59 Å². The van der Waals surface area contributed by atoms with Gasteiger partial charge in [-0.15, -0.1) is 11.3 Å². The molecule has 0 saturated carbocycles. The van der Waals surface area contributed by atoms with E-state index in [9.17, 15) is 9.59 Å². The highest BCUT2D eigenvalue weighted by molar-refractivity contribution is 14.1. The van der Waals surface area contributed by atoms with Crippen LogP contribution < -0.4 is 15.4 Å². The van der Waals surface area contributed by atoms with Crippen LogP contribution in [-0.2, 0) is 18.4 Å². The number of hydrogen-bond donors (Lipinski definition) is 2. The summed E-state index contributed by atoms with van der Waals surface area (Å²) in [6, 6.07) is 15.8. The van der Waals surface area contributed by atoms with Crippen molar-refractivity contribution >= 4 is 51.6 Å². The number of benzene rings is 2. The number of urea groups is 1. The summed E-state index contributed by atoms with van der Waals surface area (Å²) < 4.78 is 3.20. The zero-order valence-corrected chi connectivity index (χ0v) is 22.8. The van der Waals surface area contributed by atoms with Gasteiger partial charge in [0.15, 0.2) is 4.80 Å². The second-order valence-electron chi connectivity index (χ2n) is 8.34. The van der Waals surface area contributed by atoms with Crippen LogP contribution in [0.4, 0.5) is 10.5 Å². The number of halogens is 1. The summed E-state index contributed by atoms with van der Waals surface area (Å²) in [5.74, 6) is -0.0956. The molecule has 2 heterocycles. The molecule has 1 aromatic heterocycles. The van der Waals surface area contributed by atoms with Crippen LogP contribution in [-0.4, -0.2) is 59.5 Å². The first-order valence-corrected chi connectivity index (χ1v) is 13.4. The molecule has 0 spiro atoms. The number of nitrogens with zero attached hydrogens (tertiary/aromatic N) is 4. The van der Waals surface area contributed by atoms with E-state index in [4.69, 9.17) is 0 Å². The SMILES string of the molecule is C/N=c1\scc(CN2CCN(C(=O)[C@H](NC(=O)Nc3ccc(I)cc3)c3ccccc3)CC2)n1C. The van der Waals surface area contributed by atoms with E-state index < -0.39 is 12.1 Å². The lowest BCUT2D eigenvalue weighted by atomic mass is 10.1. The van der Waals surface area contributed by atoms with Gasteiger partial charge in [-0.2, -0.15) is 0 Å². The summed E-state index contributed by atoms with van der Waals surface area (Å²) in [7, 11) is 3.84. The maximum absolute atomic E-state index is 13.5. The van der Waals surface area contributed by atoms with Crippen molar-refractivity contribution in [2.24, 2.45) is 12.0 Å². The molecule has 3 aromatic rings. The number of hydrogen-bond acceptors (Lipinski definition) is 5. The lowest BCUT2D eigenvalue weighted by molar-refractivity contribution is -0.135. The van der Waals surface area contributed by atoms with Gasteiger partial charge in [-0.3, -0.25) is 14.7 Å². The van der Waals surface area contributed by atoms with E-state index in [-0.39, 0.29) is 5.91 Å². The van der Waals surface area contributed by atoms with E-state index in [0.717, 1.165) is 33.6 Å². The monoisotopic (exact) mass is 604 g/mol. The molecule has 1 saturated heterocycles. The Labute approximate surface area is 222 Å². The molecule has 8 nitrogen and oxygen atoms in total. The number of aromatic nitrogens is 1. The average Bonchev–Trinajstić information content (AvgIpc) is 3.23. The molecule has 184 valence electrons. The molecule has 4 rings (SSSR count). The highest BCUT2D eigenvalue weighted by Crippen LogP contribution is 2.19. The number of carbonyl (C=O) groups excluding carboxylic acids is 2. The Bertz CT molecular complexity index is 1220. The summed E-state index contributed by atoms with van der Waals surface area (Å²) in [5.41, 5.74) is 2.65. The lowest BCUT2D eigenvalue weighted by Gasteiger charge is -2.36. The molecule has 1 fully saturated rings. The maximum Gasteiger partial charge on any atom is 0.320 e. The van der Waals surface area contributed by atoms with E-state index in [1.54, 1.807) is 18.4 Å². The highest BCUT2D eigenvalue weighted by Gasteiger charge is 2.30. The zero-order chi connectivity index (χ0) is 24.8. The second kappa shape index (κ2) is 11.8. The quantitative estimate of drug-likeness (QED) is 0.424. The fourth-order valence-electron chi connectivity index (χ4n) is 4.05. The average molecular weight is 605 g/mol. The van der Waals surface area contributed by atoms with E-state index >= 15 is 0 Å². The molecule has 2 N–H and O–H groups in total. The molecule has 0 unspecified atom stereocenters. The van der Waals surface area contributed by atoms with Crippen molar-refractivity contribution in [3.8, 4) is 0 Å². The minimum atomic E-state index is -0.755. The fraction of sp³-hybridized carbons (Fsp3) is 0.320. The van der Waals surface area contributed by atoms with Crippen LogP contribution in [0.25, 0.3) is 0 Å². The van der Waals surface area contributed by atoms with Gasteiger partial charge in [-0.25, -0.2) is 4.79 Å². The van der Waals surface area contributed by atoms with Gasteiger partial charge in [0.1, 0.15) is 6.04 Å². The third kappa shape index (κ3) is 6.50. The summed E-state index contributed by atoms with van der Waals surface area (Å²) in [4.78, 5) is 35.8. The van der Waals surface area contributed by atoms with Crippen LogP contribution in [0.3, 0.4) is 0 Å². The van der Waals surface area contributed by atoms with Crippen molar-refractivity contribution in [2.45, 2.75) is 12.6 Å². The third-order valence-electron chi connectivity index (χ3n) is 6.04. The topological polar surface area (TPSA) is 82.0 Å². The smallest absolute Gasteiger partial charge is 0.320 e. The van der Waals surface area contributed by atoms with E-state index in [0.29, 0.717) is 18.8 Å². The largest absolute Gasteiger partial charge is 0.338 e. The van der Waals surface area contributed by atoms with E-state index in [1.807, 2.05) is 66.5 Å². The van der Waals surface area contributed by atoms with Crippen LogP contribution in [0.5, 0.6) is 0 Å². The van der Waals surface area contributed by atoms with Gasteiger partial charge in [0, 0.05) is 67.2 Å². The molecule has 10 heteroatoms. The molecule has 1 atom stereocenters. The van der Waals surface area contributed by atoms with Crippen LogP contribution in [0, 0.1) is 3.57 Å². The number of anilines is 1. The third-order valence-corrected chi connectivity index (χ3v) is 7.81. The fourth-order valence-corrected chi connectivity index (χ4v) is 5.26. The van der Waals surface area contributed by atoms with Gasteiger partial charge >= 0.3 is 6.03 Å². The number of rotatable bonds is 6. The predicted octanol–water partition coefficient (Wildman–Crippen LogP) is 3.43. The molecule has 35 heavy (non-hydrogen) atoms. The highest BCUT2D eigenvalue weighted by atomic mass is 127. The molecule has 2 aromatic carbocycles. The first-order valence-electron chi connectivity index (χ1n) is 11.4. The molecule has 0 bridgehead atoms. The Morgan fingerprint density at radius 2 is 1.74 bits per heavy atom. The molecule has 0 aliphatic carbocycles. The van der Waals surface area contributed by atoms with Gasteiger partial charge in [-0.05, 0) is 52.4 Å². The van der Waals surface area contributed by atoms with Crippen molar-refractivity contribution in [3.05, 3.63) is 79.6 Å². The molecule has 0 radical (unpaired) electrons. The second-order valence-corrected chi connectivity index (χ2v) is 10.4. The standard InChI is InChI=1S/C25H29IN6O2S/c1-27-25-30(2)21(17-35-25)16-31-12-14-32(15-13-31)23(33)22(18-6-4-3-5-7-18)29-24(34)28-20-10-8-19(26)9-11-20/h3-11,17,22H,12-16H2,1-2H3,(H2,28,29,34)/b27-25-/t22-/m1/s1. The number of nitrogens with one attached hydrogen (secondary N) is 2. The maximum atomic E-state index is 13.5. The van der Waals surface area contributed by atoms with Crippen molar-refractivity contribution in [2.75, 3.05) is 38.5 Å². The van der Waals surface area contributed by atoms with Crippen LogP contribution in [0.15, 0.2) is 65.0 Å². The Hall–Kier alpha value is -2.70. The van der Waals surface area contributed by atoms with Gasteiger partial charge in [-0.1, -0.05) is 30.3 Å². The number of piperazine rings is 1. The van der Waals surface area contributed by atoms with Gasteiger partial charge < -0.3 is 20.1 Å². The summed E-state index contributed by atoms with van der Waals surface area (Å²) in [6.07, 6.45) is 0. The van der Waals surface area contributed by atoms with Crippen molar-refractivity contribution in [1.82, 2.24) is 19.7 Å². The van der Waals surface area contributed by atoms with Crippen LogP contribution in [0.2, 0.25) is 0 Å². The Morgan fingerprint density at radius 1 is 1.06 bits per heavy atom. The van der Waals surface area contributed by atoms with Gasteiger partial charge in [0.25, 0.3) is 0 Å². The van der Waals surface area contributed by atoms with Crippen molar-refractivity contribution in [1.29, 1.82) is 0 Å². The molecule has 1 aliphatic heterocycles. The molecule has 1 aliphatic rings. The van der Waals surface area contributed by atoms with Gasteiger partial charge in [0.05, 0.1) is 0 Å². The predicted molar refractivity (Wildman–Crippen MR) is 147 cm³/mol. The first kappa shape index (κ1) is 25.4. The van der Waals surface area contributed by atoms with Crippen LogP contribution >= 0.6 is 33.9 Å².